The lowest BCUT2D eigenvalue weighted by Crippen LogP contribution is -2.24. The lowest BCUT2D eigenvalue weighted by molar-refractivity contribution is 0.292. The van der Waals surface area contributed by atoms with Crippen LogP contribution in [-0.2, 0) is 6.54 Å². The van der Waals surface area contributed by atoms with Crippen LogP contribution < -0.4 is 0 Å². The van der Waals surface area contributed by atoms with E-state index in [1.54, 1.807) is 13.0 Å². The number of halogens is 1. The summed E-state index contributed by atoms with van der Waals surface area (Å²) in [5, 5.41) is 8.90. The molecule has 0 aliphatic carbocycles. The van der Waals surface area contributed by atoms with Crippen molar-refractivity contribution < 1.29 is 4.39 Å². The molecule has 0 saturated heterocycles. The van der Waals surface area contributed by atoms with E-state index < -0.39 is 0 Å². The highest BCUT2D eigenvalue weighted by molar-refractivity contribution is 5.23. The fraction of sp³-hybridized carbons (Fsp3) is 0.500. The summed E-state index contributed by atoms with van der Waals surface area (Å²) in [4.78, 5) is 2.10. The normalized spacial score (nSPS) is 12.5. The average Bonchev–Trinajstić information content (AvgIpc) is 2.31. The van der Waals surface area contributed by atoms with Crippen LogP contribution in [0.5, 0.6) is 0 Å². The van der Waals surface area contributed by atoms with E-state index in [1.165, 1.54) is 6.07 Å². The van der Waals surface area contributed by atoms with Gasteiger partial charge in [-0.25, -0.2) is 4.39 Å². The Morgan fingerprint density at radius 1 is 1.47 bits per heavy atom. The molecular weight excluding hydrogens is 215 g/mol. The fourth-order valence-corrected chi connectivity index (χ4v) is 1.82. The van der Waals surface area contributed by atoms with Crippen LogP contribution in [0.15, 0.2) is 18.2 Å². The van der Waals surface area contributed by atoms with E-state index in [-0.39, 0.29) is 11.7 Å². The van der Waals surface area contributed by atoms with Crippen LogP contribution in [0, 0.1) is 30.0 Å². The molecule has 0 aromatic heterocycles. The molecule has 1 aromatic carbocycles. The van der Waals surface area contributed by atoms with Gasteiger partial charge in [-0.2, -0.15) is 5.26 Å². The van der Waals surface area contributed by atoms with Crippen LogP contribution in [0.1, 0.15) is 24.5 Å². The maximum Gasteiger partial charge on any atom is 0.126 e. The molecule has 0 N–H and O–H groups in total. The van der Waals surface area contributed by atoms with Gasteiger partial charge in [-0.1, -0.05) is 19.1 Å². The summed E-state index contributed by atoms with van der Waals surface area (Å²) >= 11 is 0. The molecule has 1 rings (SSSR count). The molecule has 0 heterocycles. The van der Waals surface area contributed by atoms with Crippen LogP contribution in [0.3, 0.4) is 0 Å². The molecule has 92 valence electrons. The van der Waals surface area contributed by atoms with Crippen molar-refractivity contribution in [3.63, 3.8) is 0 Å². The highest BCUT2D eigenvalue weighted by Gasteiger charge is 2.09. The second-order valence-corrected chi connectivity index (χ2v) is 4.51. The Labute approximate surface area is 103 Å². The van der Waals surface area contributed by atoms with Crippen LogP contribution >= 0.6 is 0 Å². The van der Waals surface area contributed by atoms with Gasteiger partial charge >= 0.3 is 0 Å². The molecule has 0 spiro atoms. The first-order valence-corrected chi connectivity index (χ1v) is 5.90. The Morgan fingerprint density at radius 2 is 2.18 bits per heavy atom. The first-order chi connectivity index (χ1) is 8.06. The van der Waals surface area contributed by atoms with Crippen LogP contribution in [0.4, 0.5) is 4.39 Å². The molecular formula is C14H19FN2. The van der Waals surface area contributed by atoms with E-state index in [9.17, 15) is 4.39 Å². The lowest BCUT2D eigenvalue weighted by atomic mass is 10.1. The maximum absolute atomic E-state index is 13.1. The van der Waals surface area contributed by atoms with E-state index >= 15 is 0 Å². The van der Waals surface area contributed by atoms with Gasteiger partial charge in [0.1, 0.15) is 5.82 Å². The summed E-state index contributed by atoms with van der Waals surface area (Å²) in [7, 11) is 1.98. The van der Waals surface area contributed by atoms with Crippen molar-refractivity contribution in [2.75, 3.05) is 13.6 Å². The predicted molar refractivity (Wildman–Crippen MR) is 66.9 cm³/mol. The van der Waals surface area contributed by atoms with Gasteiger partial charge in [0, 0.05) is 13.1 Å². The van der Waals surface area contributed by atoms with Crippen LogP contribution in [0.25, 0.3) is 0 Å². The van der Waals surface area contributed by atoms with E-state index in [2.05, 4.69) is 11.0 Å². The third-order valence-electron chi connectivity index (χ3n) is 2.88. The molecule has 0 saturated carbocycles. The zero-order valence-electron chi connectivity index (χ0n) is 10.7. The third kappa shape index (κ3) is 4.16. The van der Waals surface area contributed by atoms with Crippen LogP contribution in [0.2, 0.25) is 0 Å². The number of nitrogens with zero attached hydrogens (tertiary/aromatic N) is 2. The number of hydrogen-bond donors (Lipinski definition) is 0. The number of rotatable bonds is 5. The molecule has 0 fully saturated rings. The van der Waals surface area contributed by atoms with Gasteiger partial charge in [-0.15, -0.1) is 0 Å². The average molecular weight is 234 g/mol. The predicted octanol–water partition coefficient (Wildman–Crippen LogP) is 3.12. The Balaban J connectivity index is 2.59. The summed E-state index contributed by atoms with van der Waals surface area (Å²) in [5.41, 5.74) is 1.75. The number of hydrogen-bond acceptors (Lipinski definition) is 2. The highest BCUT2D eigenvalue weighted by atomic mass is 19.1. The molecule has 0 amide bonds. The largest absolute Gasteiger partial charge is 0.301 e. The molecule has 1 unspecified atom stereocenters. The maximum atomic E-state index is 13.1. The Bertz CT molecular complexity index is 409. The molecule has 3 heteroatoms. The molecule has 1 aromatic rings. The summed E-state index contributed by atoms with van der Waals surface area (Å²) in [6, 6.07) is 7.45. The standard InChI is InChI=1S/C14H19FN2/c1-4-12(8-16)9-17(3)10-13-5-6-14(15)11(2)7-13/h5-7,12H,4,9-10H2,1-3H3. The molecule has 0 bridgehead atoms. The zero-order valence-corrected chi connectivity index (χ0v) is 10.7. The van der Waals surface area contributed by atoms with Crippen LogP contribution in [-0.4, -0.2) is 18.5 Å². The summed E-state index contributed by atoms with van der Waals surface area (Å²) in [6.07, 6.45) is 0.864. The summed E-state index contributed by atoms with van der Waals surface area (Å²) < 4.78 is 13.1. The Kier molecular flexibility index (Phi) is 5.11. The van der Waals surface area contributed by atoms with Crippen molar-refractivity contribution in [3.05, 3.63) is 35.1 Å². The molecule has 2 nitrogen and oxygen atoms in total. The van der Waals surface area contributed by atoms with Gasteiger partial charge in [0.25, 0.3) is 0 Å². The van der Waals surface area contributed by atoms with E-state index in [1.807, 2.05) is 20.0 Å². The Morgan fingerprint density at radius 3 is 2.71 bits per heavy atom. The molecule has 0 aliphatic heterocycles. The topological polar surface area (TPSA) is 27.0 Å². The number of nitriles is 1. The van der Waals surface area contributed by atoms with Gasteiger partial charge in [-0.3, -0.25) is 0 Å². The minimum absolute atomic E-state index is 0.0709. The number of aryl methyl sites for hydroxylation is 1. The highest BCUT2D eigenvalue weighted by Crippen LogP contribution is 2.12. The van der Waals surface area contributed by atoms with Gasteiger partial charge in [0.05, 0.1) is 12.0 Å². The lowest BCUT2D eigenvalue weighted by Gasteiger charge is -2.19. The van der Waals surface area contributed by atoms with Crippen molar-refractivity contribution in [1.29, 1.82) is 5.26 Å². The van der Waals surface area contributed by atoms with Crippen molar-refractivity contribution in [1.82, 2.24) is 4.90 Å². The Hall–Kier alpha value is -1.40. The quantitative estimate of drug-likeness (QED) is 0.782. The molecule has 17 heavy (non-hydrogen) atoms. The van der Waals surface area contributed by atoms with E-state index in [0.29, 0.717) is 5.56 Å². The number of benzene rings is 1. The van der Waals surface area contributed by atoms with E-state index in [4.69, 9.17) is 5.26 Å². The summed E-state index contributed by atoms with van der Waals surface area (Å²) in [6.45, 7) is 5.29. The summed E-state index contributed by atoms with van der Waals surface area (Å²) in [5.74, 6) is -0.0959. The minimum Gasteiger partial charge on any atom is -0.301 e. The fourth-order valence-electron chi connectivity index (χ4n) is 1.82. The first kappa shape index (κ1) is 13.7. The SMILES string of the molecule is CCC(C#N)CN(C)Cc1ccc(F)c(C)c1. The smallest absolute Gasteiger partial charge is 0.126 e. The second kappa shape index (κ2) is 6.36. The van der Waals surface area contributed by atoms with Crippen molar-refractivity contribution in [2.45, 2.75) is 26.8 Å². The minimum atomic E-state index is -0.167. The van der Waals surface area contributed by atoms with E-state index in [0.717, 1.165) is 25.1 Å². The van der Waals surface area contributed by atoms with Crippen molar-refractivity contribution >= 4 is 0 Å². The van der Waals surface area contributed by atoms with Gasteiger partial charge in [-0.05, 0) is 37.6 Å². The second-order valence-electron chi connectivity index (χ2n) is 4.51. The molecule has 0 radical (unpaired) electrons. The van der Waals surface area contributed by atoms with Crippen molar-refractivity contribution in [2.24, 2.45) is 5.92 Å². The van der Waals surface area contributed by atoms with Gasteiger partial charge < -0.3 is 4.90 Å². The van der Waals surface area contributed by atoms with Gasteiger partial charge in [0.2, 0.25) is 0 Å². The zero-order chi connectivity index (χ0) is 12.8. The monoisotopic (exact) mass is 234 g/mol. The first-order valence-electron chi connectivity index (χ1n) is 5.90. The molecule has 1 atom stereocenters. The van der Waals surface area contributed by atoms with Crippen molar-refractivity contribution in [3.8, 4) is 6.07 Å². The van der Waals surface area contributed by atoms with Gasteiger partial charge in [0.15, 0.2) is 0 Å². The third-order valence-corrected chi connectivity index (χ3v) is 2.88. The molecule has 0 aliphatic rings.